The Bertz CT molecular complexity index is 821. The molecule has 0 atom stereocenters. The average molecular weight is 413 g/mol. The lowest BCUT2D eigenvalue weighted by molar-refractivity contribution is -0.116. The topological polar surface area (TPSA) is 89.5 Å². The highest BCUT2D eigenvalue weighted by Crippen LogP contribution is 2.32. The molecule has 28 heavy (non-hydrogen) atoms. The van der Waals surface area contributed by atoms with Gasteiger partial charge in [-0.15, -0.1) is 11.3 Å². The van der Waals surface area contributed by atoms with Gasteiger partial charge in [0.2, 0.25) is 5.91 Å². The van der Waals surface area contributed by atoms with Gasteiger partial charge in [0.25, 0.3) is 0 Å². The maximum Gasteiger partial charge on any atom is 0.407 e. The Morgan fingerprint density at radius 3 is 2.64 bits per heavy atom. The summed E-state index contributed by atoms with van der Waals surface area (Å²) in [6.45, 7) is 2.37. The molecule has 0 bridgehead atoms. The van der Waals surface area contributed by atoms with E-state index < -0.39 is 18.3 Å². The summed E-state index contributed by atoms with van der Waals surface area (Å²) < 4.78 is 34.6. The van der Waals surface area contributed by atoms with Crippen LogP contribution in [0.15, 0.2) is 29.6 Å². The van der Waals surface area contributed by atoms with Crippen LogP contribution in [-0.2, 0) is 9.53 Å². The molecule has 0 saturated heterocycles. The first kappa shape index (κ1) is 21.5. The van der Waals surface area contributed by atoms with E-state index in [1.807, 2.05) is 0 Å². The summed E-state index contributed by atoms with van der Waals surface area (Å²) in [6.07, 6.45) is -0.577. The van der Waals surface area contributed by atoms with E-state index in [1.54, 1.807) is 44.4 Å². The zero-order chi connectivity index (χ0) is 20.7. The number of alkyl halides is 2. The second kappa shape index (κ2) is 9.45. The number of amides is 2. The van der Waals surface area contributed by atoms with E-state index >= 15 is 0 Å². The molecule has 2 aromatic rings. The Morgan fingerprint density at radius 2 is 1.96 bits per heavy atom. The highest BCUT2D eigenvalue weighted by atomic mass is 32.1. The van der Waals surface area contributed by atoms with E-state index in [2.05, 4.69) is 20.4 Å². The Labute approximate surface area is 165 Å². The fraction of sp³-hybridized carbons (Fsp3) is 0.389. The van der Waals surface area contributed by atoms with Crippen molar-refractivity contribution in [1.82, 2.24) is 10.3 Å². The minimum absolute atomic E-state index is 0.00207. The number of thiazole rings is 1. The first-order chi connectivity index (χ1) is 13.1. The lowest BCUT2D eigenvalue weighted by Gasteiger charge is -2.19. The lowest BCUT2D eigenvalue weighted by Crippen LogP contribution is -2.34. The van der Waals surface area contributed by atoms with Crippen molar-refractivity contribution >= 4 is 28.5 Å². The molecule has 2 N–H and O–H groups in total. The van der Waals surface area contributed by atoms with Crippen molar-refractivity contribution in [2.45, 2.75) is 39.4 Å². The van der Waals surface area contributed by atoms with Crippen LogP contribution in [0.2, 0.25) is 0 Å². The number of nitrogens with zero attached hydrogens (tertiary/aromatic N) is 1. The van der Waals surface area contributed by atoms with Gasteiger partial charge in [-0.05, 0) is 32.9 Å². The number of aromatic nitrogens is 1. The van der Waals surface area contributed by atoms with Gasteiger partial charge in [-0.1, -0.05) is 12.1 Å². The molecule has 0 aliphatic rings. The Balaban J connectivity index is 1.89. The van der Waals surface area contributed by atoms with Gasteiger partial charge in [-0.3, -0.25) is 4.79 Å². The van der Waals surface area contributed by atoms with E-state index in [0.29, 0.717) is 16.4 Å². The summed E-state index contributed by atoms with van der Waals surface area (Å²) in [4.78, 5) is 27.7. The molecule has 2 amide bonds. The summed E-state index contributed by atoms with van der Waals surface area (Å²) in [6, 6.07) is 6.27. The molecule has 2 rings (SSSR count). The van der Waals surface area contributed by atoms with Gasteiger partial charge >= 0.3 is 12.7 Å². The molecule has 1 aromatic carbocycles. The van der Waals surface area contributed by atoms with Gasteiger partial charge in [0.05, 0.1) is 5.69 Å². The first-order valence-corrected chi connectivity index (χ1v) is 9.28. The number of alkyl carbamates (subject to hydrolysis) is 1. The second-order valence-corrected chi connectivity index (χ2v) is 7.50. The normalized spacial score (nSPS) is 11.2. The zero-order valence-corrected chi connectivity index (χ0v) is 16.4. The molecule has 0 aliphatic heterocycles. The third-order valence-electron chi connectivity index (χ3n) is 3.15. The number of carbonyl (C=O) groups excluding carboxylic acids is 2. The summed E-state index contributed by atoms with van der Waals surface area (Å²) in [7, 11) is 0. The third-order valence-corrected chi connectivity index (χ3v) is 3.91. The summed E-state index contributed by atoms with van der Waals surface area (Å²) >= 11 is 1.15. The van der Waals surface area contributed by atoms with Crippen molar-refractivity contribution in [3.8, 4) is 17.0 Å². The fourth-order valence-corrected chi connectivity index (χ4v) is 2.83. The maximum atomic E-state index is 12.5. The summed E-state index contributed by atoms with van der Waals surface area (Å²) in [5, 5.41) is 7.02. The van der Waals surface area contributed by atoms with Crippen molar-refractivity contribution < 1.29 is 27.8 Å². The number of hydrogen-bond donors (Lipinski definition) is 2. The zero-order valence-electron chi connectivity index (χ0n) is 15.6. The highest BCUT2D eigenvalue weighted by molar-refractivity contribution is 7.14. The predicted octanol–water partition coefficient (Wildman–Crippen LogP) is 4.26. The molecule has 1 aromatic heterocycles. The van der Waals surface area contributed by atoms with E-state index in [1.165, 1.54) is 6.07 Å². The van der Waals surface area contributed by atoms with Crippen molar-refractivity contribution in [1.29, 1.82) is 0 Å². The van der Waals surface area contributed by atoms with Crippen LogP contribution in [0.25, 0.3) is 11.3 Å². The number of ether oxygens (including phenoxy) is 2. The molecule has 0 aliphatic carbocycles. The largest absolute Gasteiger partial charge is 0.444 e. The lowest BCUT2D eigenvalue weighted by atomic mass is 10.1. The average Bonchev–Trinajstić information content (AvgIpc) is 3.01. The van der Waals surface area contributed by atoms with Crippen LogP contribution < -0.4 is 15.4 Å². The fourth-order valence-electron chi connectivity index (χ4n) is 2.11. The van der Waals surface area contributed by atoms with Crippen LogP contribution in [0, 0.1) is 0 Å². The number of rotatable bonds is 7. The predicted molar refractivity (Wildman–Crippen MR) is 102 cm³/mol. The molecule has 0 spiro atoms. The molecule has 1 heterocycles. The van der Waals surface area contributed by atoms with E-state index in [4.69, 9.17) is 4.74 Å². The van der Waals surface area contributed by atoms with Gasteiger partial charge in [0.1, 0.15) is 11.4 Å². The van der Waals surface area contributed by atoms with E-state index in [-0.39, 0.29) is 24.6 Å². The molecule has 0 radical (unpaired) electrons. The standard InChI is InChI=1S/C18H21F2N3O4S/c1-18(2,3)27-17(25)21-9-8-14(24)23-16-22-12(10-28-16)11-6-4-5-7-13(11)26-15(19)20/h4-7,10,15H,8-9H2,1-3H3,(H,21,25)(H,22,23,24). The quantitative estimate of drug-likeness (QED) is 0.708. The highest BCUT2D eigenvalue weighted by Gasteiger charge is 2.17. The monoisotopic (exact) mass is 413 g/mol. The van der Waals surface area contributed by atoms with Gasteiger partial charge in [-0.25, -0.2) is 9.78 Å². The number of benzene rings is 1. The molecule has 10 heteroatoms. The van der Waals surface area contributed by atoms with Crippen LogP contribution in [0.4, 0.5) is 18.7 Å². The van der Waals surface area contributed by atoms with Crippen LogP contribution in [-0.4, -0.2) is 35.7 Å². The number of halogens is 2. The minimum Gasteiger partial charge on any atom is -0.444 e. The molecule has 0 saturated carbocycles. The van der Waals surface area contributed by atoms with Gasteiger partial charge in [-0.2, -0.15) is 8.78 Å². The van der Waals surface area contributed by atoms with E-state index in [0.717, 1.165) is 11.3 Å². The third kappa shape index (κ3) is 7.10. The number of para-hydroxylation sites is 1. The maximum absolute atomic E-state index is 12.5. The van der Waals surface area contributed by atoms with Gasteiger partial charge < -0.3 is 20.1 Å². The number of nitrogens with one attached hydrogen (secondary N) is 2. The van der Waals surface area contributed by atoms with Crippen molar-refractivity contribution in [2.24, 2.45) is 0 Å². The van der Waals surface area contributed by atoms with Crippen LogP contribution in [0.1, 0.15) is 27.2 Å². The molecule has 152 valence electrons. The minimum atomic E-state index is -2.95. The molecular weight excluding hydrogens is 392 g/mol. The van der Waals surface area contributed by atoms with Gasteiger partial charge in [0, 0.05) is 23.9 Å². The van der Waals surface area contributed by atoms with Gasteiger partial charge in [0.15, 0.2) is 5.13 Å². The van der Waals surface area contributed by atoms with Crippen LogP contribution in [0.5, 0.6) is 5.75 Å². The number of anilines is 1. The Hall–Kier alpha value is -2.75. The first-order valence-electron chi connectivity index (χ1n) is 8.40. The van der Waals surface area contributed by atoms with E-state index in [9.17, 15) is 18.4 Å². The number of carbonyl (C=O) groups is 2. The van der Waals surface area contributed by atoms with Crippen molar-refractivity contribution in [3.63, 3.8) is 0 Å². The van der Waals surface area contributed by atoms with Crippen LogP contribution >= 0.6 is 11.3 Å². The van der Waals surface area contributed by atoms with Crippen molar-refractivity contribution in [2.75, 3.05) is 11.9 Å². The summed E-state index contributed by atoms with van der Waals surface area (Å²) in [5.41, 5.74) is 0.183. The van der Waals surface area contributed by atoms with Crippen molar-refractivity contribution in [3.05, 3.63) is 29.6 Å². The summed E-state index contributed by atoms with van der Waals surface area (Å²) in [5.74, 6) is -0.351. The van der Waals surface area contributed by atoms with Crippen LogP contribution in [0.3, 0.4) is 0 Å². The molecular formula is C18H21F2N3O4S. The SMILES string of the molecule is CC(C)(C)OC(=O)NCCC(=O)Nc1nc(-c2ccccc2OC(F)F)cs1. The number of hydrogen-bond acceptors (Lipinski definition) is 6. The Morgan fingerprint density at radius 1 is 1.25 bits per heavy atom. The molecule has 0 unspecified atom stereocenters. The molecule has 7 nitrogen and oxygen atoms in total. The smallest absolute Gasteiger partial charge is 0.407 e. The Kier molecular flexibility index (Phi) is 7.27. The second-order valence-electron chi connectivity index (χ2n) is 6.64. The molecule has 0 fully saturated rings.